The molecule has 3 fully saturated rings. The van der Waals surface area contributed by atoms with Gasteiger partial charge in [-0.05, 0) is 32.1 Å². The van der Waals surface area contributed by atoms with Gasteiger partial charge in [-0.1, -0.05) is 12.8 Å². The second-order valence-electron chi connectivity index (χ2n) is 7.41. The summed E-state index contributed by atoms with van der Waals surface area (Å²) in [5.74, 6) is 1.83. The van der Waals surface area contributed by atoms with Crippen LogP contribution in [0.3, 0.4) is 0 Å². The van der Waals surface area contributed by atoms with Crippen molar-refractivity contribution in [3.63, 3.8) is 0 Å². The fourth-order valence-corrected chi connectivity index (χ4v) is 4.73. The van der Waals surface area contributed by atoms with Crippen molar-refractivity contribution in [2.24, 2.45) is 5.41 Å². The minimum absolute atomic E-state index is 0.209. The van der Waals surface area contributed by atoms with E-state index in [1.54, 1.807) is 7.11 Å². The molecule has 1 atom stereocenters. The van der Waals surface area contributed by atoms with Crippen LogP contribution in [0.25, 0.3) is 0 Å². The average molecular weight is 330 g/mol. The molecule has 1 saturated carbocycles. The molecule has 0 bridgehead atoms. The quantitative estimate of drug-likeness (QED) is 0.851. The smallest absolute Gasteiger partial charge is 0.230 e. The Morgan fingerprint density at radius 1 is 1.17 bits per heavy atom. The summed E-state index contributed by atoms with van der Waals surface area (Å²) < 4.78 is 5.20. The second kappa shape index (κ2) is 6.22. The Balaban J connectivity index is 1.52. The Kier molecular flexibility index (Phi) is 4.06. The maximum atomic E-state index is 13.3. The van der Waals surface area contributed by atoms with Crippen LogP contribution in [0.5, 0.6) is 5.88 Å². The topological polar surface area (TPSA) is 58.6 Å². The summed E-state index contributed by atoms with van der Waals surface area (Å²) in [6.45, 7) is 2.60. The maximum absolute atomic E-state index is 13.3. The highest BCUT2D eigenvalue weighted by molar-refractivity contribution is 5.85. The van der Waals surface area contributed by atoms with Gasteiger partial charge in [0.05, 0.1) is 12.5 Å². The summed E-state index contributed by atoms with van der Waals surface area (Å²) in [5, 5.41) is 0. The molecule has 6 nitrogen and oxygen atoms in total. The minimum Gasteiger partial charge on any atom is -0.481 e. The highest BCUT2D eigenvalue weighted by Crippen LogP contribution is 2.43. The molecule has 1 aromatic heterocycles. The van der Waals surface area contributed by atoms with E-state index >= 15 is 0 Å². The fourth-order valence-electron chi connectivity index (χ4n) is 4.73. The van der Waals surface area contributed by atoms with Crippen LogP contribution in [0, 0.1) is 5.41 Å². The van der Waals surface area contributed by atoms with Gasteiger partial charge in [0.25, 0.3) is 0 Å². The molecular formula is C18H26N4O2. The van der Waals surface area contributed by atoms with Gasteiger partial charge in [0.2, 0.25) is 11.8 Å². The third-order valence-electron chi connectivity index (χ3n) is 6.05. The van der Waals surface area contributed by atoms with Gasteiger partial charge in [-0.25, -0.2) is 9.97 Å². The molecule has 1 spiro atoms. The van der Waals surface area contributed by atoms with Crippen LogP contribution in [0.15, 0.2) is 12.4 Å². The highest BCUT2D eigenvalue weighted by atomic mass is 16.5. The molecule has 1 aliphatic carbocycles. The van der Waals surface area contributed by atoms with E-state index in [0.717, 1.165) is 44.7 Å². The van der Waals surface area contributed by atoms with Crippen molar-refractivity contribution in [1.29, 1.82) is 0 Å². The Morgan fingerprint density at radius 2 is 2.00 bits per heavy atom. The van der Waals surface area contributed by atoms with Crippen molar-refractivity contribution in [2.45, 2.75) is 51.0 Å². The molecule has 0 radical (unpaired) electrons. The summed E-state index contributed by atoms with van der Waals surface area (Å²) in [7, 11) is 1.61. The van der Waals surface area contributed by atoms with Crippen LogP contribution < -0.4 is 9.64 Å². The molecule has 6 heteroatoms. The highest BCUT2D eigenvalue weighted by Gasteiger charge is 2.50. The lowest BCUT2D eigenvalue weighted by atomic mass is 9.77. The van der Waals surface area contributed by atoms with E-state index in [-0.39, 0.29) is 5.41 Å². The standard InChI is InChI=1S/C18H26N4O2/c1-24-16-11-15(19-13-20-16)21-10-8-18(12-21)7-4-9-22(17(18)23)14-5-2-3-6-14/h11,13-14H,2-10,12H2,1H3. The van der Waals surface area contributed by atoms with E-state index in [4.69, 9.17) is 4.74 Å². The van der Waals surface area contributed by atoms with Crippen molar-refractivity contribution in [3.8, 4) is 5.88 Å². The number of hydrogen-bond donors (Lipinski definition) is 0. The molecule has 2 aliphatic heterocycles. The molecule has 130 valence electrons. The van der Waals surface area contributed by atoms with E-state index in [2.05, 4.69) is 19.8 Å². The van der Waals surface area contributed by atoms with E-state index in [1.165, 1.54) is 32.0 Å². The number of hydrogen-bond acceptors (Lipinski definition) is 5. The van der Waals surface area contributed by atoms with Crippen molar-refractivity contribution in [3.05, 3.63) is 12.4 Å². The molecule has 3 heterocycles. The number of aromatic nitrogens is 2. The Labute approximate surface area is 143 Å². The third kappa shape index (κ3) is 2.62. The number of anilines is 1. The molecule has 24 heavy (non-hydrogen) atoms. The number of carbonyl (C=O) groups is 1. The number of methoxy groups -OCH3 is 1. The average Bonchev–Trinajstić information content (AvgIpc) is 3.28. The summed E-state index contributed by atoms with van der Waals surface area (Å²) in [6.07, 6.45) is 9.52. The summed E-state index contributed by atoms with van der Waals surface area (Å²) in [6, 6.07) is 2.35. The molecule has 1 aromatic rings. The molecule has 0 N–H and O–H groups in total. The predicted molar refractivity (Wildman–Crippen MR) is 91.1 cm³/mol. The van der Waals surface area contributed by atoms with Crippen molar-refractivity contribution in [1.82, 2.24) is 14.9 Å². The number of piperidine rings is 1. The van der Waals surface area contributed by atoms with Gasteiger partial charge < -0.3 is 14.5 Å². The Morgan fingerprint density at radius 3 is 2.79 bits per heavy atom. The fraction of sp³-hybridized carbons (Fsp3) is 0.722. The van der Waals surface area contributed by atoms with Crippen LogP contribution in [0.4, 0.5) is 5.82 Å². The van der Waals surface area contributed by atoms with Crippen molar-refractivity contribution in [2.75, 3.05) is 31.6 Å². The van der Waals surface area contributed by atoms with E-state index in [1.807, 2.05) is 6.07 Å². The minimum atomic E-state index is -0.209. The number of rotatable bonds is 3. The number of carbonyl (C=O) groups excluding carboxylic acids is 1. The Bertz CT molecular complexity index is 617. The Hall–Kier alpha value is -1.85. The molecule has 1 unspecified atom stereocenters. The van der Waals surface area contributed by atoms with Gasteiger partial charge in [-0.2, -0.15) is 0 Å². The van der Waals surface area contributed by atoms with Gasteiger partial charge in [0.15, 0.2) is 0 Å². The van der Waals surface area contributed by atoms with Gasteiger partial charge in [0, 0.05) is 31.7 Å². The summed E-state index contributed by atoms with van der Waals surface area (Å²) >= 11 is 0. The molecule has 0 aromatic carbocycles. The molecule has 1 amide bonds. The molecule has 3 aliphatic rings. The van der Waals surface area contributed by atoms with E-state index in [9.17, 15) is 4.79 Å². The van der Waals surface area contributed by atoms with E-state index in [0.29, 0.717) is 17.8 Å². The van der Waals surface area contributed by atoms with Crippen LogP contribution in [-0.2, 0) is 4.79 Å². The lowest BCUT2D eigenvalue weighted by molar-refractivity contribution is -0.147. The second-order valence-corrected chi connectivity index (χ2v) is 7.41. The third-order valence-corrected chi connectivity index (χ3v) is 6.05. The number of likely N-dealkylation sites (tertiary alicyclic amines) is 1. The monoisotopic (exact) mass is 330 g/mol. The van der Waals surface area contributed by atoms with Crippen molar-refractivity contribution < 1.29 is 9.53 Å². The first kappa shape index (κ1) is 15.7. The van der Waals surface area contributed by atoms with Crippen LogP contribution in [0.1, 0.15) is 44.9 Å². The SMILES string of the molecule is COc1cc(N2CCC3(CCCN(C4CCCC4)C3=O)C2)ncn1. The zero-order chi connectivity index (χ0) is 16.6. The van der Waals surface area contributed by atoms with E-state index < -0.39 is 0 Å². The predicted octanol–water partition coefficient (Wildman–Crippen LogP) is 2.25. The maximum Gasteiger partial charge on any atom is 0.230 e. The zero-order valence-electron chi connectivity index (χ0n) is 14.4. The first-order valence-corrected chi connectivity index (χ1v) is 9.14. The van der Waals surface area contributed by atoms with Gasteiger partial charge in [-0.3, -0.25) is 4.79 Å². The zero-order valence-corrected chi connectivity index (χ0v) is 14.4. The lowest BCUT2D eigenvalue weighted by Crippen LogP contribution is -2.53. The van der Waals surface area contributed by atoms with Crippen molar-refractivity contribution >= 4 is 11.7 Å². The molecule has 2 saturated heterocycles. The number of ether oxygens (including phenoxy) is 1. The van der Waals surface area contributed by atoms with Gasteiger partial charge in [-0.15, -0.1) is 0 Å². The number of nitrogens with zero attached hydrogens (tertiary/aromatic N) is 4. The first-order chi connectivity index (χ1) is 11.7. The van der Waals surface area contributed by atoms with Crippen LogP contribution in [-0.4, -0.2) is 53.6 Å². The number of amides is 1. The van der Waals surface area contributed by atoms with Crippen LogP contribution >= 0.6 is 0 Å². The van der Waals surface area contributed by atoms with Crippen LogP contribution in [0.2, 0.25) is 0 Å². The normalized spacial score (nSPS) is 28.1. The molecular weight excluding hydrogens is 304 g/mol. The lowest BCUT2D eigenvalue weighted by Gasteiger charge is -2.42. The summed E-state index contributed by atoms with van der Waals surface area (Å²) in [5.41, 5.74) is -0.209. The van der Waals surface area contributed by atoms with Gasteiger partial charge >= 0.3 is 0 Å². The first-order valence-electron chi connectivity index (χ1n) is 9.14. The molecule has 4 rings (SSSR count). The summed E-state index contributed by atoms with van der Waals surface area (Å²) in [4.78, 5) is 26.2. The largest absolute Gasteiger partial charge is 0.481 e. The van der Waals surface area contributed by atoms with Gasteiger partial charge in [0.1, 0.15) is 12.1 Å².